The van der Waals surface area contributed by atoms with Crippen molar-refractivity contribution in [2.75, 3.05) is 19.5 Å². The molecule has 0 aliphatic heterocycles. The molecule has 1 aromatic carbocycles. The predicted octanol–water partition coefficient (Wildman–Crippen LogP) is 1.69. The number of nitrogens with one attached hydrogen (secondary N) is 1. The molecule has 2 N–H and O–H groups in total. The minimum atomic E-state index is -0.0577. The highest BCUT2D eigenvalue weighted by molar-refractivity contribution is 6.18. The molecule has 0 fully saturated rings. The maximum atomic E-state index is 11.1. The molecule has 17 heavy (non-hydrogen) atoms. The van der Waals surface area contributed by atoms with Crippen molar-refractivity contribution in [1.82, 2.24) is 5.32 Å². The summed E-state index contributed by atoms with van der Waals surface area (Å²) in [5.74, 6) is 0.824. The van der Waals surface area contributed by atoms with Gasteiger partial charge in [-0.3, -0.25) is 4.79 Å². The maximum absolute atomic E-state index is 11.1. The fourth-order valence-corrected chi connectivity index (χ4v) is 1.58. The van der Waals surface area contributed by atoms with Gasteiger partial charge in [-0.05, 0) is 24.1 Å². The van der Waals surface area contributed by atoms with Crippen molar-refractivity contribution in [3.63, 3.8) is 0 Å². The number of aromatic hydroxyl groups is 1. The molecule has 0 radical (unpaired) electrons. The molecule has 0 bridgehead atoms. The van der Waals surface area contributed by atoms with E-state index in [9.17, 15) is 9.90 Å². The summed E-state index contributed by atoms with van der Waals surface area (Å²) < 4.78 is 4.94. The molecule has 94 valence electrons. The van der Waals surface area contributed by atoms with Crippen molar-refractivity contribution >= 4 is 17.5 Å². The first-order valence-corrected chi connectivity index (χ1v) is 5.89. The second-order valence-electron chi connectivity index (χ2n) is 3.55. The summed E-state index contributed by atoms with van der Waals surface area (Å²) in [6, 6.07) is 5.18. The molecule has 0 aromatic heterocycles. The number of hydrogen-bond acceptors (Lipinski definition) is 3. The molecule has 1 amide bonds. The highest BCUT2D eigenvalue weighted by Gasteiger charge is 2.03. The monoisotopic (exact) mass is 257 g/mol. The number of carbonyl (C=O) groups excluding carboxylic acids is 1. The van der Waals surface area contributed by atoms with Crippen molar-refractivity contribution in [2.24, 2.45) is 0 Å². The topological polar surface area (TPSA) is 58.6 Å². The van der Waals surface area contributed by atoms with E-state index in [1.54, 1.807) is 12.1 Å². The fraction of sp³-hybridized carbons (Fsp3) is 0.417. The van der Waals surface area contributed by atoms with Gasteiger partial charge < -0.3 is 15.2 Å². The first-order chi connectivity index (χ1) is 8.17. The van der Waals surface area contributed by atoms with Crippen LogP contribution in [0.3, 0.4) is 0 Å². The van der Waals surface area contributed by atoms with Gasteiger partial charge in [0.05, 0.1) is 7.11 Å². The predicted molar refractivity (Wildman–Crippen MR) is 66.7 cm³/mol. The number of phenolic OH excluding ortho intramolecular Hbond substituents is 1. The van der Waals surface area contributed by atoms with Crippen molar-refractivity contribution in [3.05, 3.63) is 23.8 Å². The number of halogens is 1. The Kier molecular flexibility index (Phi) is 5.63. The summed E-state index contributed by atoms with van der Waals surface area (Å²) in [6.07, 6.45) is 0.987. The van der Waals surface area contributed by atoms with Gasteiger partial charge >= 0.3 is 0 Å². The van der Waals surface area contributed by atoms with Gasteiger partial charge in [0.15, 0.2) is 11.5 Å². The Labute approximate surface area is 106 Å². The number of ether oxygens (including phenoxy) is 1. The van der Waals surface area contributed by atoms with E-state index in [2.05, 4.69) is 5.32 Å². The number of phenols is 1. The maximum Gasteiger partial charge on any atom is 0.221 e. The van der Waals surface area contributed by atoms with E-state index in [-0.39, 0.29) is 11.7 Å². The van der Waals surface area contributed by atoms with Crippen molar-refractivity contribution in [1.29, 1.82) is 0 Å². The van der Waals surface area contributed by atoms with Crippen molar-refractivity contribution in [2.45, 2.75) is 12.8 Å². The lowest BCUT2D eigenvalue weighted by Gasteiger charge is -2.07. The van der Waals surface area contributed by atoms with Crippen LogP contribution in [0.5, 0.6) is 11.5 Å². The molecule has 0 saturated carbocycles. The summed E-state index contributed by atoms with van der Waals surface area (Å²) in [4.78, 5) is 11.1. The van der Waals surface area contributed by atoms with E-state index in [0.29, 0.717) is 31.0 Å². The largest absolute Gasteiger partial charge is 0.504 e. The van der Waals surface area contributed by atoms with Crippen LogP contribution in [0.15, 0.2) is 18.2 Å². The number of hydrogen-bond donors (Lipinski definition) is 2. The zero-order chi connectivity index (χ0) is 12.7. The minimum absolute atomic E-state index is 0.0577. The molecular weight excluding hydrogens is 242 g/mol. The van der Waals surface area contributed by atoms with Gasteiger partial charge in [-0.15, -0.1) is 11.6 Å². The second kappa shape index (κ2) is 7.01. The lowest BCUT2D eigenvalue weighted by Crippen LogP contribution is -2.25. The Bertz CT molecular complexity index is 382. The van der Waals surface area contributed by atoms with Crippen LogP contribution in [-0.2, 0) is 11.2 Å². The second-order valence-corrected chi connectivity index (χ2v) is 3.92. The Balaban J connectivity index is 2.42. The van der Waals surface area contributed by atoms with Gasteiger partial charge in [0.25, 0.3) is 0 Å². The lowest BCUT2D eigenvalue weighted by atomic mass is 10.1. The summed E-state index contributed by atoms with van der Waals surface area (Å²) in [5.41, 5.74) is 0.939. The highest BCUT2D eigenvalue weighted by atomic mass is 35.5. The molecule has 1 aromatic rings. The van der Waals surface area contributed by atoms with E-state index in [1.807, 2.05) is 6.07 Å². The number of methoxy groups -OCH3 is 1. The zero-order valence-corrected chi connectivity index (χ0v) is 10.5. The van der Waals surface area contributed by atoms with Crippen LogP contribution in [0.4, 0.5) is 0 Å². The van der Waals surface area contributed by atoms with Crippen LogP contribution in [0.2, 0.25) is 0 Å². The Morgan fingerprint density at radius 1 is 1.53 bits per heavy atom. The van der Waals surface area contributed by atoms with Gasteiger partial charge in [-0.2, -0.15) is 0 Å². The zero-order valence-electron chi connectivity index (χ0n) is 9.70. The van der Waals surface area contributed by atoms with Gasteiger partial charge in [-0.1, -0.05) is 6.07 Å². The third-order valence-corrected chi connectivity index (χ3v) is 2.49. The van der Waals surface area contributed by atoms with Crippen LogP contribution in [0.1, 0.15) is 12.0 Å². The summed E-state index contributed by atoms with van der Waals surface area (Å²) in [7, 11) is 1.50. The quantitative estimate of drug-likeness (QED) is 0.763. The minimum Gasteiger partial charge on any atom is -0.504 e. The molecule has 0 heterocycles. The normalized spacial score (nSPS) is 10.0. The molecule has 0 atom stereocenters. The SMILES string of the molecule is COc1ccc(CCNC(=O)CCCl)cc1O. The molecule has 5 heteroatoms. The Morgan fingerprint density at radius 3 is 2.88 bits per heavy atom. The number of benzene rings is 1. The van der Waals surface area contributed by atoms with E-state index in [1.165, 1.54) is 7.11 Å². The Morgan fingerprint density at radius 2 is 2.29 bits per heavy atom. The van der Waals surface area contributed by atoms with Crippen LogP contribution in [0.25, 0.3) is 0 Å². The average Bonchev–Trinajstić information content (AvgIpc) is 2.29. The van der Waals surface area contributed by atoms with Crippen molar-refractivity contribution < 1.29 is 14.6 Å². The molecule has 0 aliphatic rings. The van der Waals surface area contributed by atoms with Gasteiger partial charge in [-0.25, -0.2) is 0 Å². The fourth-order valence-electron chi connectivity index (χ4n) is 1.41. The summed E-state index contributed by atoms with van der Waals surface area (Å²) in [6.45, 7) is 0.529. The van der Waals surface area contributed by atoms with E-state index < -0.39 is 0 Å². The van der Waals surface area contributed by atoms with Crippen LogP contribution < -0.4 is 10.1 Å². The van der Waals surface area contributed by atoms with Gasteiger partial charge in [0.1, 0.15) is 0 Å². The van der Waals surface area contributed by atoms with Crippen LogP contribution in [0, 0.1) is 0 Å². The molecule has 1 rings (SSSR count). The summed E-state index contributed by atoms with van der Waals surface area (Å²) in [5, 5.41) is 12.3. The Hall–Kier alpha value is -1.42. The van der Waals surface area contributed by atoms with E-state index in [4.69, 9.17) is 16.3 Å². The smallest absolute Gasteiger partial charge is 0.221 e. The standard InChI is InChI=1S/C12H16ClNO3/c1-17-11-3-2-9(8-10(11)15)5-7-14-12(16)4-6-13/h2-3,8,15H,4-7H2,1H3,(H,14,16). The molecule has 0 aliphatic carbocycles. The van der Waals surface area contributed by atoms with Crippen LogP contribution in [-0.4, -0.2) is 30.5 Å². The number of rotatable bonds is 6. The van der Waals surface area contributed by atoms with E-state index in [0.717, 1.165) is 5.56 Å². The van der Waals surface area contributed by atoms with E-state index >= 15 is 0 Å². The van der Waals surface area contributed by atoms with Crippen LogP contribution >= 0.6 is 11.6 Å². The highest BCUT2D eigenvalue weighted by Crippen LogP contribution is 2.26. The molecule has 0 spiro atoms. The number of alkyl halides is 1. The van der Waals surface area contributed by atoms with Gasteiger partial charge in [0, 0.05) is 18.8 Å². The third kappa shape index (κ3) is 4.53. The molecular formula is C12H16ClNO3. The molecule has 4 nitrogen and oxygen atoms in total. The number of carbonyl (C=O) groups is 1. The van der Waals surface area contributed by atoms with Gasteiger partial charge in [0.2, 0.25) is 5.91 Å². The average molecular weight is 258 g/mol. The first-order valence-electron chi connectivity index (χ1n) is 5.36. The third-order valence-electron chi connectivity index (χ3n) is 2.30. The molecule has 0 unspecified atom stereocenters. The lowest BCUT2D eigenvalue weighted by molar-refractivity contribution is -0.120. The van der Waals surface area contributed by atoms with Crippen molar-refractivity contribution in [3.8, 4) is 11.5 Å². The molecule has 0 saturated heterocycles. The first kappa shape index (κ1) is 13.6. The number of amides is 1. The summed E-state index contributed by atoms with van der Waals surface area (Å²) >= 11 is 5.44.